The Bertz CT molecular complexity index is 994. The predicted molar refractivity (Wildman–Crippen MR) is 98.1 cm³/mol. The standard InChI is InChI=1S/C19H20F3NO5S/c1-27-14-8-9-15-13(11-14)5-4-10-18(15,24)12-23-29(25,26)17-7-3-2-6-16(17)28-19(20,21)22/h2-3,6-9,11,23-24H,4-5,10,12H2,1H3/t18-/m0/s1. The minimum absolute atomic E-state index is 0.301. The fraction of sp³-hybridized carbons (Fsp3) is 0.368. The van der Waals surface area contributed by atoms with Gasteiger partial charge in [0, 0.05) is 6.54 Å². The third-order valence-corrected chi connectivity index (χ3v) is 6.21. The summed E-state index contributed by atoms with van der Waals surface area (Å²) in [6.07, 6.45) is -3.42. The Morgan fingerprint density at radius 2 is 1.93 bits per heavy atom. The summed E-state index contributed by atoms with van der Waals surface area (Å²) >= 11 is 0. The Balaban J connectivity index is 1.85. The van der Waals surface area contributed by atoms with Gasteiger partial charge in [0.05, 0.1) is 7.11 Å². The van der Waals surface area contributed by atoms with Gasteiger partial charge in [0.15, 0.2) is 0 Å². The highest BCUT2D eigenvalue weighted by Gasteiger charge is 2.37. The molecule has 29 heavy (non-hydrogen) atoms. The highest BCUT2D eigenvalue weighted by molar-refractivity contribution is 7.89. The molecule has 1 atom stereocenters. The van der Waals surface area contributed by atoms with Crippen molar-refractivity contribution in [1.29, 1.82) is 0 Å². The summed E-state index contributed by atoms with van der Waals surface area (Å²) in [7, 11) is -2.86. The molecule has 6 nitrogen and oxygen atoms in total. The number of nitrogens with one attached hydrogen (secondary N) is 1. The average Bonchev–Trinajstić information content (AvgIpc) is 2.65. The summed E-state index contributed by atoms with van der Waals surface area (Å²) in [5.41, 5.74) is -0.0996. The number of alkyl halides is 3. The van der Waals surface area contributed by atoms with Crippen LogP contribution in [0.25, 0.3) is 0 Å². The fourth-order valence-electron chi connectivity index (χ4n) is 3.42. The van der Waals surface area contributed by atoms with Crippen molar-refractivity contribution in [2.75, 3.05) is 13.7 Å². The highest BCUT2D eigenvalue weighted by Crippen LogP contribution is 2.37. The van der Waals surface area contributed by atoms with E-state index in [2.05, 4.69) is 9.46 Å². The number of aliphatic hydroxyl groups is 1. The van der Waals surface area contributed by atoms with Gasteiger partial charge in [-0.1, -0.05) is 18.2 Å². The van der Waals surface area contributed by atoms with E-state index >= 15 is 0 Å². The molecule has 0 bridgehead atoms. The highest BCUT2D eigenvalue weighted by atomic mass is 32.2. The molecule has 0 saturated heterocycles. The largest absolute Gasteiger partial charge is 0.573 e. The molecule has 2 aromatic rings. The molecule has 0 unspecified atom stereocenters. The van der Waals surface area contributed by atoms with Crippen molar-refractivity contribution in [1.82, 2.24) is 4.72 Å². The van der Waals surface area contributed by atoms with Crippen molar-refractivity contribution in [2.24, 2.45) is 0 Å². The second-order valence-electron chi connectivity index (χ2n) is 6.73. The van der Waals surface area contributed by atoms with E-state index in [9.17, 15) is 26.7 Å². The van der Waals surface area contributed by atoms with E-state index < -0.39 is 39.2 Å². The van der Waals surface area contributed by atoms with E-state index in [1.165, 1.54) is 19.2 Å². The van der Waals surface area contributed by atoms with Crippen molar-refractivity contribution in [3.8, 4) is 11.5 Å². The predicted octanol–water partition coefficient (Wildman–Crippen LogP) is 3.10. The average molecular weight is 431 g/mol. The van der Waals surface area contributed by atoms with Gasteiger partial charge in [0.2, 0.25) is 10.0 Å². The molecular formula is C19H20F3NO5S. The van der Waals surface area contributed by atoms with Crippen LogP contribution in [-0.2, 0) is 22.0 Å². The summed E-state index contributed by atoms with van der Waals surface area (Å²) in [5.74, 6) is -0.222. The number of sulfonamides is 1. The number of para-hydroxylation sites is 1. The van der Waals surface area contributed by atoms with E-state index in [4.69, 9.17) is 4.74 Å². The zero-order valence-corrected chi connectivity index (χ0v) is 16.3. The van der Waals surface area contributed by atoms with E-state index in [0.29, 0.717) is 30.6 Å². The summed E-state index contributed by atoms with van der Waals surface area (Å²) in [6, 6.07) is 9.55. The van der Waals surface area contributed by atoms with Gasteiger partial charge >= 0.3 is 6.36 Å². The van der Waals surface area contributed by atoms with E-state index in [-0.39, 0.29) is 0 Å². The lowest BCUT2D eigenvalue weighted by Crippen LogP contribution is -2.43. The van der Waals surface area contributed by atoms with Crippen molar-refractivity contribution < 1.29 is 36.2 Å². The van der Waals surface area contributed by atoms with Gasteiger partial charge in [-0.25, -0.2) is 13.1 Å². The summed E-state index contributed by atoms with van der Waals surface area (Å²) in [5, 5.41) is 11.1. The van der Waals surface area contributed by atoms with Gasteiger partial charge in [0.25, 0.3) is 0 Å². The number of aryl methyl sites for hydroxylation is 1. The van der Waals surface area contributed by atoms with Crippen molar-refractivity contribution in [3.05, 3.63) is 53.6 Å². The molecule has 0 spiro atoms. The Labute approximate surface area is 166 Å². The van der Waals surface area contributed by atoms with Crippen LogP contribution in [0.3, 0.4) is 0 Å². The molecular weight excluding hydrogens is 411 g/mol. The molecule has 10 heteroatoms. The van der Waals surface area contributed by atoms with Gasteiger partial charge in [-0.05, 0) is 54.7 Å². The van der Waals surface area contributed by atoms with Gasteiger partial charge in [-0.2, -0.15) is 0 Å². The monoisotopic (exact) mass is 431 g/mol. The Kier molecular flexibility index (Phi) is 5.79. The van der Waals surface area contributed by atoms with E-state index in [1.54, 1.807) is 18.2 Å². The van der Waals surface area contributed by atoms with Crippen LogP contribution in [0.2, 0.25) is 0 Å². The van der Waals surface area contributed by atoms with E-state index in [1.807, 2.05) is 0 Å². The first-order valence-corrected chi connectivity index (χ1v) is 10.3. The van der Waals surface area contributed by atoms with Gasteiger partial charge in [-0.3, -0.25) is 0 Å². The maximum Gasteiger partial charge on any atom is 0.573 e. The van der Waals surface area contributed by atoms with Crippen LogP contribution >= 0.6 is 0 Å². The third-order valence-electron chi connectivity index (χ3n) is 4.77. The molecule has 0 saturated carbocycles. The molecule has 0 amide bonds. The fourth-order valence-corrected chi connectivity index (χ4v) is 4.64. The first-order chi connectivity index (χ1) is 13.5. The van der Waals surface area contributed by atoms with Crippen LogP contribution in [0.15, 0.2) is 47.4 Å². The second-order valence-corrected chi connectivity index (χ2v) is 8.46. The SMILES string of the molecule is COc1ccc2c(c1)CCC[C@]2(O)CNS(=O)(=O)c1ccccc1OC(F)(F)F. The molecule has 0 aliphatic heterocycles. The number of rotatable bonds is 6. The van der Waals surface area contributed by atoms with Crippen molar-refractivity contribution in [3.63, 3.8) is 0 Å². The summed E-state index contributed by atoms with van der Waals surface area (Å²) in [4.78, 5) is -0.660. The lowest BCUT2D eigenvalue weighted by atomic mass is 9.79. The zero-order chi connectivity index (χ0) is 21.3. The molecule has 0 heterocycles. The quantitative estimate of drug-likeness (QED) is 0.734. The minimum Gasteiger partial charge on any atom is -0.497 e. The van der Waals surface area contributed by atoms with E-state index in [0.717, 1.165) is 17.7 Å². The summed E-state index contributed by atoms with van der Waals surface area (Å²) < 4.78 is 74.3. The minimum atomic E-state index is -5.04. The molecule has 158 valence electrons. The van der Waals surface area contributed by atoms with Crippen LogP contribution in [0, 0.1) is 0 Å². The second kappa shape index (κ2) is 7.85. The lowest BCUT2D eigenvalue weighted by Gasteiger charge is -2.34. The number of hydrogen-bond donors (Lipinski definition) is 2. The molecule has 3 rings (SSSR count). The zero-order valence-electron chi connectivity index (χ0n) is 15.5. The number of methoxy groups -OCH3 is 1. The topological polar surface area (TPSA) is 84.9 Å². The molecule has 1 aliphatic carbocycles. The Morgan fingerprint density at radius 1 is 1.21 bits per heavy atom. The van der Waals surface area contributed by atoms with Crippen LogP contribution in [0.1, 0.15) is 24.0 Å². The lowest BCUT2D eigenvalue weighted by molar-refractivity contribution is -0.275. The van der Waals surface area contributed by atoms with Crippen LogP contribution in [-0.4, -0.2) is 33.5 Å². The normalized spacial score (nSPS) is 19.5. The van der Waals surface area contributed by atoms with Crippen molar-refractivity contribution in [2.45, 2.75) is 36.1 Å². The third kappa shape index (κ3) is 4.82. The number of benzene rings is 2. The first-order valence-electron chi connectivity index (χ1n) is 8.78. The number of hydrogen-bond acceptors (Lipinski definition) is 5. The molecule has 0 fully saturated rings. The smallest absolute Gasteiger partial charge is 0.497 e. The first kappa shape index (κ1) is 21.4. The van der Waals surface area contributed by atoms with Crippen LogP contribution < -0.4 is 14.2 Å². The molecule has 2 N–H and O–H groups in total. The van der Waals surface area contributed by atoms with Crippen LogP contribution in [0.5, 0.6) is 11.5 Å². The molecule has 0 radical (unpaired) electrons. The molecule has 2 aromatic carbocycles. The number of ether oxygens (including phenoxy) is 2. The maximum atomic E-state index is 12.6. The van der Waals surface area contributed by atoms with Gasteiger partial charge in [0.1, 0.15) is 22.0 Å². The maximum absolute atomic E-state index is 12.6. The Hall–Kier alpha value is -2.30. The van der Waals surface area contributed by atoms with Crippen molar-refractivity contribution >= 4 is 10.0 Å². The molecule has 0 aromatic heterocycles. The summed E-state index contributed by atoms with van der Waals surface area (Å²) in [6.45, 7) is -0.394. The van der Waals surface area contributed by atoms with Gasteiger partial charge < -0.3 is 14.6 Å². The number of fused-ring (bicyclic) bond motifs is 1. The van der Waals surface area contributed by atoms with Gasteiger partial charge in [-0.15, -0.1) is 13.2 Å². The Morgan fingerprint density at radius 3 is 2.62 bits per heavy atom. The number of halogens is 3. The van der Waals surface area contributed by atoms with Crippen LogP contribution in [0.4, 0.5) is 13.2 Å². The molecule has 1 aliphatic rings.